The second kappa shape index (κ2) is 6.29. The summed E-state index contributed by atoms with van der Waals surface area (Å²) < 4.78 is 16.2. The van der Waals surface area contributed by atoms with Crippen molar-refractivity contribution < 1.29 is 24.1 Å². The van der Waals surface area contributed by atoms with Crippen LogP contribution in [0, 0.1) is 0 Å². The lowest BCUT2D eigenvalue weighted by molar-refractivity contribution is -0.186. The summed E-state index contributed by atoms with van der Waals surface area (Å²) in [4.78, 5) is 13.1. The number of hydrogen-bond acceptors (Lipinski definition) is 7. The molecule has 0 spiro atoms. The molecule has 18 heavy (non-hydrogen) atoms. The molecular weight excluding hydrogens is 276 g/mol. The molecule has 7 heteroatoms. The predicted octanol–water partition coefficient (Wildman–Crippen LogP) is 0.973. The van der Waals surface area contributed by atoms with E-state index in [0.29, 0.717) is 0 Å². The fourth-order valence-electron chi connectivity index (χ4n) is 1.92. The first kappa shape index (κ1) is 14.2. The molecule has 0 aromatic rings. The lowest BCUT2D eigenvalue weighted by Crippen LogP contribution is -2.45. The number of rotatable bonds is 3. The van der Waals surface area contributed by atoms with Gasteiger partial charge in [-0.2, -0.15) is 0 Å². The highest BCUT2D eigenvalue weighted by Gasteiger charge is 2.41. The Morgan fingerprint density at radius 1 is 1.44 bits per heavy atom. The summed E-state index contributed by atoms with van der Waals surface area (Å²) in [5, 5.41) is 9.37. The van der Waals surface area contributed by atoms with Gasteiger partial charge in [0.05, 0.1) is 11.5 Å². The minimum Gasteiger partial charge on any atom is -0.454 e. The maximum absolute atomic E-state index is 11.2. The van der Waals surface area contributed by atoms with Crippen molar-refractivity contribution in [3.8, 4) is 0 Å². The van der Waals surface area contributed by atoms with Crippen LogP contribution >= 0.6 is 23.5 Å². The van der Waals surface area contributed by atoms with Crippen LogP contribution in [-0.4, -0.2) is 54.8 Å². The van der Waals surface area contributed by atoms with Crippen LogP contribution in [0.2, 0.25) is 0 Å². The molecule has 5 nitrogen and oxygen atoms in total. The Morgan fingerprint density at radius 3 is 2.67 bits per heavy atom. The number of carbonyl (C=O) groups excluding carboxylic acids is 1. The van der Waals surface area contributed by atoms with Crippen molar-refractivity contribution in [3.05, 3.63) is 9.81 Å². The number of aliphatic hydroxyl groups is 1. The van der Waals surface area contributed by atoms with Crippen LogP contribution in [0.5, 0.6) is 0 Å². The number of thioether (sulfide) groups is 2. The molecule has 0 aromatic heterocycles. The van der Waals surface area contributed by atoms with Crippen LogP contribution < -0.4 is 0 Å². The van der Waals surface area contributed by atoms with E-state index in [0.717, 1.165) is 21.3 Å². The van der Waals surface area contributed by atoms with Gasteiger partial charge in [-0.15, -0.1) is 23.5 Å². The Morgan fingerprint density at radius 2 is 2.11 bits per heavy atom. The third kappa shape index (κ3) is 2.85. The summed E-state index contributed by atoms with van der Waals surface area (Å²) in [5.41, 5.74) is 0. The van der Waals surface area contributed by atoms with Crippen molar-refractivity contribution in [3.63, 3.8) is 0 Å². The van der Waals surface area contributed by atoms with E-state index in [1.807, 2.05) is 0 Å². The molecule has 0 fully saturated rings. The topological polar surface area (TPSA) is 65.0 Å². The third-order valence-corrected chi connectivity index (χ3v) is 5.33. The lowest BCUT2D eigenvalue weighted by atomic mass is 10.1. The zero-order valence-electron chi connectivity index (χ0n) is 10.3. The third-order valence-electron chi connectivity index (χ3n) is 2.64. The number of esters is 1. The van der Waals surface area contributed by atoms with Gasteiger partial charge >= 0.3 is 5.97 Å². The molecule has 3 atom stereocenters. The quantitative estimate of drug-likeness (QED) is 0.778. The lowest BCUT2D eigenvalue weighted by Gasteiger charge is -2.38. The van der Waals surface area contributed by atoms with E-state index < -0.39 is 18.5 Å². The summed E-state index contributed by atoms with van der Waals surface area (Å²) >= 11 is 3.30. The average Bonchev–Trinajstić information content (AvgIpc) is 2.38. The molecule has 102 valence electrons. The summed E-state index contributed by atoms with van der Waals surface area (Å²) in [6.45, 7) is 1.15. The van der Waals surface area contributed by atoms with Gasteiger partial charge in [0.2, 0.25) is 0 Å². The summed E-state index contributed by atoms with van der Waals surface area (Å²) in [6, 6.07) is 0. The second-order valence-corrected chi connectivity index (χ2v) is 6.15. The van der Waals surface area contributed by atoms with E-state index in [9.17, 15) is 9.90 Å². The van der Waals surface area contributed by atoms with Crippen LogP contribution in [-0.2, 0) is 19.0 Å². The summed E-state index contributed by atoms with van der Waals surface area (Å²) in [6.07, 6.45) is -1.56. The zero-order chi connectivity index (χ0) is 13.1. The highest BCUT2D eigenvalue weighted by Crippen LogP contribution is 2.44. The molecule has 0 aliphatic carbocycles. The van der Waals surface area contributed by atoms with E-state index in [1.165, 1.54) is 6.92 Å². The number of carbonyl (C=O) groups is 1. The van der Waals surface area contributed by atoms with E-state index in [2.05, 4.69) is 0 Å². The standard InChI is InChI=1S/C11H16O5S2/c1-6(13)15-8-7(5-12)16-11(14-2)10-9(8)17-3-4-18-10/h7-8,11-12H,3-5H2,1-2H3/t7-,8+,11?/m0/s1. The summed E-state index contributed by atoms with van der Waals surface area (Å²) in [5.74, 6) is 1.56. The Labute approximate surface area is 114 Å². The molecule has 0 bridgehead atoms. The molecule has 2 aliphatic heterocycles. The first-order valence-corrected chi connectivity index (χ1v) is 7.60. The van der Waals surface area contributed by atoms with Crippen LogP contribution in [0.4, 0.5) is 0 Å². The molecule has 1 N–H and O–H groups in total. The second-order valence-electron chi connectivity index (χ2n) is 3.88. The maximum Gasteiger partial charge on any atom is 0.303 e. The molecule has 2 heterocycles. The highest BCUT2D eigenvalue weighted by molar-refractivity contribution is 8.10. The zero-order valence-corrected chi connectivity index (χ0v) is 11.9. The van der Waals surface area contributed by atoms with E-state index in [-0.39, 0.29) is 12.6 Å². The Balaban J connectivity index is 2.30. The monoisotopic (exact) mass is 292 g/mol. The van der Waals surface area contributed by atoms with E-state index in [1.54, 1.807) is 30.6 Å². The molecule has 0 saturated carbocycles. The van der Waals surface area contributed by atoms with Crippen molar-refractivity contribution in [2.24, 2.45) is 0 Å². The van der Waals surface area contributed by atoms with Crippen LogP contribution in [0.1, 0.15) is 6.92 Å². The van der Waals surface area contributed by atoms with Crippen LogP contribution in [0.3, 0.4) is 0 Å². The van der Waals surface area contributed by atoms with Crippen molar-refractivity contribution in [1.82, 2.24) is 0 Å². The first-order chi connectivity index (χ1) is 8.67. The van der Waals surface area contributed by atoms with Crippen LogP contribution in [0.25, 0.3) is 0 Å². The normalized spacial score (nSPS) is 32.1. The fraction of sp³-hybridized carbons (Fsp3) is 0.727. The van der Waals surface area contributed by atoms with E-state index in [4.69, 9.17) is 14.2 Å². The first-order valence-electron chi connectivity index (χ1n) is 5.63. The number of hydrogen-bond donors (Lipinski definition) is 1. The Kier molecular flexibility index (Phi) is 4.97. The molecular formula is C11H16O5S2. The molecule has 0 aromatic carbocycles. The van der Waals surface area contributed by atoms with Gasteiger partial charge in [0.25, 0.3) is 0 Å². The molecule has 2 aliphatic rings. The van der Waals surface area contributed by atoms with Crippen molar-refractivity contribution in [2.75, 3.05) is 25.2 Å². The largest absolute Gasteiger partial charge is 0.454 e. The average molecular weight is 292 g/mol. The molecule has 0 saturated heterocycles. The number of aliphatic hydroxyl groups excluding tert-OH is 1. The molecule has 0 radical (unpaired) electrons. The predicted molar refractivity (Wildman–Crippen MR) is 70.3 cm³/mol. The van der Waals surface area contributed by atoms with E-state index >= 15 is 0 Å². The van der Waals surface area contributed by atoms with Gasteiger partial charge < -0.3 is 19.3 Å². The highest BCUT2D eigenvalue weighted by atomic mass is 32.2. The van der Waals surface area contributed by atoms with Crippen LogP contribution in [0.15, 0.2) is 9.81 Å². The van der Waals surface area contributed by atoms with Gasteiger partial charge in [-0.25, -0.2) is 0 Å². The Hall–Kier alpha value is -0.210. The SMILES string of the molecule is COC1O[C@@H](CO)[C@@H](OC(C)=O)C2=C1SCCS2. The Bertz CT molecular complexity index is 357. The van der Waals surface area contributed by atoms with Crippen molar-refractivity contribution in [1.29, 1.82) is 0 Å². The van der Waals surface area contributed by atoms with Gasteiger partial charge in [0, 0.05) is 30.4 Å². The molecule has 2 rings (SSSR count). The van der Waals surface area contributed by atoms with Gasteiger partial charge in [0.1, 0.15) is 6.10 Å². The van der Waals surface area contributed by atoms with Gasteiger partial charge in [-0.1, -0.05) is 0 Å². The van der Waals surface area contributed by atoms with Gasteiger partial charge in [-0.05, 0) is 0 Å². The number of methoxy groups -OCH3 is 1. The van der Waals surface area contributed by atoms with Gasteiger partial charge in [-0.3, -0.25) is 4.79 Å². The number of ether oxygens (including phenoxy) is 3. The van der Waals surface area contributed by atoms with Crippen molar-refractivity contribution >= 4 is 29.5 Å². The summed E-state index contributed by atoms with van der Waals surface area (Å²) in [7, 11) is 1.57. The minimum atomic E-state index is -0.566. The molecule has 1 unspecified atom stereocenters. The molecule has 0 amide bonds. The minimum absolute atomic E-state index is 0.209. The smallest absolute Gasteiger partial charge is 0.303 e. The van der Waals surface area contributed by atoms with Gasteiger partial charge in [0.15, 0.2) is 12.4 Å². The van der Waals surface area contributed by atoms with Crippen molar-refractivity contribution in [2.45, 2.75) is 25.4 Å². The maximum atomic E-state index is 11.2. The fourth-order valence-corrected chi connectivity index (χ4v) is 4.53.